The van der Waals surface area contributed by atoms with Crippen LogP contribution in [0.2, 0.25) is 0 Å². The molecule has 1 aromatic rings. The summed E-state index contributed by atoms with van der Waals surface area (Å²) in [4.78, 5) is 0. The number of benzene rings is 1. The fourth-order valence-electron chi connectivity index (χ4n) is 1.21. The minimum absolute atomic E-state index is 0.325. The molecule has 0 heterocycles. The molecule has 1 heteroatoms. The third kappa shape index (κ3) is 3.60. The van der Waals surface area contributed by atoms with Crippen LogP contribution in [0.1, 0.15) is 32.3 Å². The Balaban J connectivity index is 2.44. The van der Waals surface area contributed by atoms with Crippen molar-refractivity contribution in [3.63, 3.8) is 0 Å². The highest BCUT2D eigenvalue weighted by Gasteiger charge is 2.05. The molecule has 0 saturated heterocycles. The highest BCUT2D eigenvalue weighted by atomic mass is 16.5. The summed E-state index contributed by atoms with van der Waals surface area (Å²) in [5.41, 5.74) is 1.35. The third-order valence-corrected chi connectivity index (χ3v) is 2.05. The SMILES string of the molecule is CC(C)OC[C@@H](C)c1ccccc1. The Morgan fingerprint density at radius 3 is 2.23 bits per heavy atom. The molecule has 0 aliphatic rings. The maximum Gasteiger partial charge on any atom is 0.0535 e. The Labute approximate surface area is 80.7 Å². The summed E-state index contributed by atoms with van der Waals surface area (Å²) in [7, 11) is 0. The van der Waals surface area contributed by atoms with E-state index in [1.807, 2.05) is 6.07 Å². The summed E-state index contributed by atoms with van der Waals surface area (Å²) in [5.74, 6) is 0.489. The number of ether oxygens (including phenoxy) is 1. The van der Waals surface area contributed by atoms with Gasteiger partial charge < -0.3 is 4.74 Å². The zero-order valence-corrected chi connectivity index (χ0v) is 8.66. The monoisotopic (exact) mass is 178 g/mol. The largest absolute Gasteiger partial charge is 0.378 e. The van der Waals surface area contributed by atoms with Crippen LogP contribution in [-0.2, 0) is 4.74 Å². The Kier molecular flexibility index (Phi) is 3.97. The van der Waals surface area contributed by atoms with Gasteiger partial charge in [0, 0.05) is 5.92 Å². The maximum absolute atomic E-state index is 5.56. The minimum Gasteiger partial charge on any atom is -0.378 e. The lowest BCUT2D eigenvalue weighted by atomic mass is 10.0. The molecule has 0 N–H and O–H groups in total. The molecule has 1 rings (SSSR count). The lowest BCUT2D eigenvalue weighted by Gasteiger charge is -2.14. The van der Waals surface area contributed by atoms with Crippen LogP contribution < -0.4 is 0 Å². The molecule has 1 atom stereocenters. The van der Waals surface area contributed by atoms with Crippen molar-refractivity contribution in [3.05, 3.63) is 35.9 Å². The highest BCUT2D eigenvalue weighted by Crippen LogP contribution is 2.14. The van der Waals surface area contributed by atoms with Gasteiger partial charge in [0.2, 0.25) is 0 Å². The van der Waals surface area contributed by atoms with Gasteiger partial charge >= 0.3 is 0 Å². The molecule has 0 saturated carbocycles. The smallest absolute Gasteiger partial charge is 0.0535 e. The van der Waals surface area contributed by atoms with Gasteiger partial charge in [0.25, 0.3) is 0 Å². The standard InChI is InChI=1S/C12H18O/c1-10(2)13-9-11(3)12-7-5-4-6-8-12/h4-8,10-11H,9H2,1-3H3/t11-/m1/s1. The summed E-state index contributed by atoms with van der Waals surface area (Å²) in [5, 5.41) is 0. The first-order valence-corrected chi connectivity index (χ1v) is 4.86. The van der Waals surface area contributed by atoms with E-state index in [4.69, 9.17) is 4.74 Å². The molecule has 1 nitrogen and oxygen atoms in total. The Bertz CT molecular complexity index is 228. The Morgan fingerprint density at radius 2 is 1.69 bits per heavy atom. The van der Waals surface area contributed by atoms with Crippen molar-refractivity contribution in [3.8, 4) is 0 Å². The van der Waals surface area contributed by atoms with Crippen LogP contribution in [-0.4, -0.2) is 12.7 Å². The van der Waals surface area contributed by atoms with Gasteiger partial charge in [0.15, 0.2) is 0 Å². The van der Waals surface area contributed by atoms with Gasteiger partial charge in [0.05, 0.1) is 12.7 Å². The Morgan fingerprint density at radius 1 is 1.08 bits per heavy atom. The van der Waals surface area contributed by atoms with Crippen molar-refractivity contribution >= 4 is 0 Å². The van der Waals surface area contributed by atoms with Crippen LogP contribution in [0.4, 0.5) is 0 Å². The molecule has 0 radical (unpaired) electrons. The van der Waals surface area contributed by atoms with Crippen molar-refractivity contribution in [2.75, 3.05) is 6.61 Å². The predicted octanol–water partition coefficient (Wildman–Crippen LogP) is 3.22. The van der Waals surface area contributed by atoms with Gasteiger partial charge in [-0.25, -0.2) is 0 Å². The van der Waals surface area contributed by atoms with E-state index >= 15 is 0 Å². The van der Waals surface area contributed by atoms with Crippen molar-refractivity contribution in [1.82, 2.24) is 0 Å². The molecular weight excluding hydrogens is 160 g/mol. The maximum atomic E-state index is 5.56. The van der Waals surface area contributed by atoms with Crippen LogP contribution >= 0.6 is 0 Å². The van der Waals surface area contributed by atoms with Crippen LogP contribution in [0.25, 0.3) is 0 Å². The fraction of sp³-hybridized carbons (Fsp3) is 0.500. The van der Waals surface area contributed by atoms with Crippen molar-refractivity contribution < 1.29 is 4.74 Å². The normalized spacial score (nSPS) is 13.2. The molecular formula is C12H18O. The van der Waals surface area contributed by atoms with E-state index in [9.17, 15) is 0 Å². The quantitative estimate of drug-likeness (QED) is 0.688. The summed E-state index contributed by atoms with van der Waals surface area (Å²) in [6.07, 6.45) is 0.325. The van der Waals surface area contributed by atoms with Crippen molar-refractivity contribution in [1.29, 1.82) is 0 Å². The molecule has 13 heavy (non-hydrogen) atoms. The zero-order valence-electron chi connectivity index (χ0n) is 8.66. The second-order valence-corrected chi connectivity index (χ2v) is 3.69. The van der Waals surface area contributed by atoms with E-state index in [1.165, 1.54) is 5.56 Å². The zero-order chi connectivity index (χ0) is 9.68. The van der Waals surface area contributed by atoms with E-state index in [2.05, 4.69) is 45.0 Å². The lowest BCUT2D eigenvalue weighted by molar-refractivity contribution is 0.0702. The molecule has 0 aliphatic carbocycles. The van der Waals surface area contributed by atoms with Crippen LogP contribution in [0.3, 0.4) is 0 Å². The molecule has 0 aliphatic heterocycles. The number of hydrogen-bond donors (Lipinski definition) is 0. The van der Waals surface area contributed by atoms with Crippen LogP contribution in [0.5, 0.6) is 0 Å². The molecule has 0 bridgehead atoms. The first-order chi connectivity index (χ1) is 6.20. The molecule has 1 aromatic carbocycles. The number of hydrogen-bond acceptors (Lipinski definition) is 1. The van der Waals surface area contributed by atoms with Gasteiger partial charge in [0.1, 0.15) is 0 Å². The first kappa shape index (κ1) is 10.3. The summed E-state index contributed by atoms with van der Waals surface area (Å²) in [6, 6.07) is 10.5. The topological polar surface area (TPSA) is 9.23 Å². The van der Waals surface area contributed by atoms with Gasteiger partial charge in [-0.2, -0.15) is 0 Å². The van der Waals surface area contributed by atoms with E-state index in [0.717, 1.165) is 6.61 Å². The second-order valence-electron chi connectivity index (χ2n) is 3.69. The van der Waals surface area contributed by atoms with Gasteiger partial charge in [-0.1, -0.05) is 37.3 Å². The lowest BCUT2D eigenvalue weighted by Crippen LogP contribution is -2.09. The highest BCUT2D eigenvalue weighted by molar-refractivity contribution is 5.18. The molecule has 0 amide bonds. The average molecular weight is 178 g/mol. The van der Waals surface area contributed by atoms with Gasteiger partial charge in [-0.3, -0.25) is 0 Å². The van der Waals surface area contributed by atoms with E-state index < -0.39 is 0 Å². The predicted molar refractivity (Wildman–Crippen MR) is 55.9 cm³/mol. The van der Waals surface area contributed by atoms with E-state index in [-0.39, 0.29) is 0 Å². The van der Waals surface area contributed by atoms with Crippen LogP contribution in [0.15, 0.2) is 30.3 Å². The summed E-state index contributed by atoms with van der Waals surface area (Å²) < 4.78 is 5.56. The second kappa shape index (κ2) is 5.03. The Hall–Kier alpha value is -0.820. The molecule has 0 spiro atoms. The van der Waals surface area contributed by atoms with E-state index in [1.54, 1.807) is 0 Å². The van der Waals surface area contributed by atoms with Crippen molar-refractivity contribution in [2.24, 2.45) is 0 Å². The van der Waals surface area contributed by atoms with Gasteiger partial charge in [-0.05, 0) is 19.4 Å². The number of rotatable bonds is 4. The van der Waals surface area contributed by atoms with Gasteiger partial charge in [-0.15, -0.1) is 0 Å². The van der Waals surface area contributed by atoms with Crippen molar-refractivity contribution in [2.45, 2.75) is 32.8 Å². The van der Waals surface area contributed by atoms with Crippen LogP contribution in [0, 0.1) is 0 Å². The minimum atomic E-state index is 0.325. The first-order valence-electron chi connectivity index (χ1n) is 4.86. The summed E-state index contributed by atoms with van der Waals surface area (Å²) in [6.45, 7) is 7.13. The van der Waals surface area contributed by atoms with E-state index in [0.29, 0.717) is 12.0 Å². The summed E-state index contributed by atoms with van der Waals surface area (Å²) >= 11 is 0. The molecule has 0 fully saturated rings. The molecule has 0 aromatic heterocycles. The molecule has 0 unspecified atom stereocenters. The fourth-order valence-corrected chi connectivity index (χ4v) is 1.21. The average Bonchev–Trinajstić information content (AvgIpc) is 2.15. The molecule has 72 valence electrons. The third-order valence-electron chi connectivity index (χ3n) is 2.05.